The molecule has 1 aromatic carbocycles. The second kappa shape index (κ2) is 6.48. The SMILES string of the molecule is O=C(Cn1ccc(=O)[nH]c1=O)NOCc1ccccc1. The molecule has 2 aromatic rings. The second-order valence-corrected chi connectivity index (χ2v) is 4.04. The van der Waals surface area contributed by atoms with Gasteiger partial charge in [-0.2, -0.15) is 0 Å². The number of aromatic nitrogens is 2. The maximum atomic E-state index is 11.6. The summed E-state index contributed by atoms with van der Waals surface area (Å²) in [4.78, 5) is 40.9. The van der Waals surface area contributed by atoms with Gasteiger partial charge in [0.1, 0.15) is 6.54 Å². The predicted molar refractivity (Wildman–Crippen MR) is 70.7 cm³/mol. The fourth-order valence-electron chi connectivity index (χ4n) is 1.53. The number of rotatable bonds is 5. The monoisotopic (exact) mass is 275 g/mol. The number of amides is 1. The zero-order valence-corrected chi connectivity index (χ0v) is 10.5. The predicted octanol–water partition coefficient (Wildman–Crippen LogP) is -0.215. The highest BCUT2D eigenvalue weighted by atomic mass is 16.6. The molecule has 0 aliphatic carbocycles. The van der Waals surface area contributed by atoms with Gasteiger partial charge >= 0.3 is 5.69 Å². The fourth-order valence-corrected chi connectivity index (χ4v) is 1.53. The molecule has 2 N–H and O–H groups in total. The summed E-state index contributed by atoms with van der Waals surface area (Å²) in [6.07, 6.45) is 1.25. The van der Waals surface area contributed by atoms with Crippen LogP contribution in [0.4, 0.5) is 0 Å². The summed E-state index contributed by atoms with van der Waals surface area (Å²) in [6.45, 7) is -0.00248. The van der Waals surface area contributed by atoms with Crippen molar-refractivity contribution in [2.24, 2.45) is 0 Å². The van der Waals surface area contributed by atoms with Crippen molar-refractivity contribution in [3.05, 3.63) is 69.0 Å². The zero-order chi connectivity index (χ0) is 14.4. The summed E-state index contributed by atoms with van der Waals surface area (Å²) in [5, 5.41) is 0. The first-order chi connectivity index (χ1) is 9.65. The van der Waals surface area contributed by atoms with Gasteiger partial charge in [-0.1, -0.05) is 30.3 Å². The van der Waals surface area contributed by atoms with E-state index in [0.717, 1.165) is 10.1 Å². The number of hydrogen-bond acceptors (Lipinski definition) is 4. The number of carbonyl (C=O) groups excluding carboxylic acids is 1. The van der Waals surface area contributed by atoms with Crippen LogP contribution in [0.2, 0.25) is 0 Å². The molecule has 7 nitrogen and oxygen atoms in total. The minimum absolute atomic E-state index is 0.229. The zero-order valence-electron chi connectivity index (χ0n) is 10.5. The minimum Gasteiger partial charge on any atom is -0.291 e. The molecular formula is C13H13N3O4. The lowest BCUT2D eigenvalue weighted by Gasteiger charge is -2.07. The molecule has 0 atom stereocenters. The van der Waals surface area contributed by atoms with Crippen LogP contribution in [0, 0.1) is 0 Å². The highest BCUT2D eigenvalue weighted by Gasteiger charge is 2.04. The van der Waals surface area contributed by atoms with E-state index >= 15 is 0 Å². The molecule has 20 heavy (non-hydrogen) atoms. The summed E-state index contributed by atoms with van der Waals surface area (Å²) < 4.78 is 1.07. The third-order valence-corrected chi connectivity index (χ3v) is 2.48. The number of hydrogen-bond donors (Lipinski definition) is 2. The van der Waals surface area contributed by atoms with Gasteiger partial charge in [0.2, 0.25) is 0 Å². The molecule has 0 saturated heterocycles. The van der Waals surface area contributed by atoms with Gasteiger partial charge in [-0.3, -0.25) is 24.0 Å². The van der Waals surface area contributed by atoms with Crippen LogP contribution in [0.1, 0.15) is 5.56 Å². The molecule has 7 heteroatoms. The number of carbonyl (C=O) groups is 1. The standard InChI is InChI=1S/C13H13N3O4/c17-11-6-7-16(13(19)14-11)8-12(18)15-20-9-10-4-2-1-3-5-10/h1-7H,8-9H2,(H,15,18)(H,14,17,19). The summed E-state index contributed by atoms with van der Waals surface area (Å²) in [6, 6.07) is 10.5. The van der Waals surface area contributed by atoms with Crippen LogP contribution in [-0.4, -0.2) is 15.5 Å². The van der Waals surface area contributed by atoms with Crippen LogP contribution in [0.15, 0.2) is 52.2 Å². The Hall–Kier alpha value is -2.67. The van der Waals surface area contributed by atoms with Gasteiger partial charge in [-0.25, -0.2) is 10.3 Å². The van der Waals surface area contributed by atoms with Gasteiger partial charge in [-0.05, 0) is 5.56 Å². The summed E-state index contributed by atoms with van der Waals surface area (Å²) in [5.74, 6) is -0.491. The Kier molecular flexibility index (Phi) is 4.46. The number of nitrogens with one attached hydrogen (secondary N) is 2. The van der Waals surface area contributed by atoms with E-state index in [2.05, 4.69) is 10.5 Å². The van der Waals surface area contributed by atoms with Gasteiger partial charge in [0.15, 0.2) is 0 Å². The third kappa shape index (κ3) is 3.92. The Morgan fingerprint density at radius 2 is 1.95 bits per heavy atom. The van der Waals surface area contributed by atoms with Gasteiger partial charge < -0.3 is 0 Å². The van der Waals surface area contributed by atoms with Gasteiger partial charge in [-0.15, -0.1) is 0 Å². The average Bonchev–Trinajstić information content (AvgIpc) is 2.43. The fraction of sp³-hybridized carbons (Fsp3) is 0.154. The molecule has 104 valence electrons. The van der Waals surface area contributed by atoms with Crippen LogP contribution < -0.4 is 16.7 Å². The lowest BCUT2D eigenvalue weighted by atomic mass is 10.2. The van der Waals surface area contributed by atoms with Gasteiger partial charge in [0.25, 0.3) is 11.5 Å². The Bertz CT molecular complexity index is 691. The Balaban J connectivity index is 1.84. The van der Waals surface area contributed by atoms with E-state index in [1.54, 1.807) is 0 Å². The highest BCUT2D eigenvalue weighted by molar-refractivity contribution is 5.74. The van der Waals surface area contributed by atoms with E-state index in [4.69, 9.17) is 4.84 Å². The molecule has 0 fully saturated rings. The minimum atomic E-state index is -0.643. The quantitative estimate of drug-likeness (QED) is 0.738. The van der Waals surface area contributed by atoms with E-state index in [9.17, 15) is 14.4 Å². The number of benzene rings is 1. The Morgan fingerprint density at radius 3 is 2.65 bits per heavy atom. The lowest BCUT2D eigenvalue weighted by Crippen LogP contribution is -2.35. The van der Waals surface area contributed by atoms with Crippen molar-refractivity contribution in [1.29, 1.82) is 0 Å². The summed E-state index contributed by atoms with van der Waals surface area (Å²) in [7, 11) is 0. The molecule has 0 radical (unpaired) electrons. The van der Waals surface area contributed by atoms with Crippen molar-refractivity contribution in [2.45, 2.75) is 13.2 Å². The third-order valence-electron chi connectivity index (χ3n) is 2.48. The van der Waals surface area contributed by atoms with Crippen LogP contribution in [0.3, 0.4) is 0 Å². The molecule has 0 spiro atoms. The summed E-state index contributed by atoms with van der Waals surface area (Å²) >= 11 is 0. The largest absolute Gasteiger partial charge is 0.328 e. The maximum Gasteiger partial charge on any atom is 0.328 e. The molecule has 1 heterocycles. The molecule has 1 amide bonds. The topological polar surface area (TPSA) is 93.2 Å². The first-order valence-corrected chi connectivity index (χ1v) is 5.89. The number of aromatic amines is 1. The molecule has 0 saturated carbocycles. The van der Waals surface area contributed by atoms with E-state index in [-0.39, 0.29) is 13.2 Å². The first-order valence-electron chi connectivity index (χ1n) is 5.89. The molecular weight excluding hydrogens is 262 g/mol. The van der Waals surface area contributed by atoms with Crippen LogP contribution in [0.25, 0.3) is 0 Å². The normalized spacial score (nSPS) is 10.2. The first kappa shape index (κ1) is 13.8. The van der Waals surface area contributed by atoms with Crippen molar-refractivity contribution in [2.75, 3.05) is 0 Å². The van der Waals surface area contributed by atoms with Crippen molar-refractivity contribution < 1.29 is 9.63 Å². The molecule has 0 unspecified atom stereocenters. The second-order valence-electron chi connectivity index (χ2n) is 4.04. The Labute approximate surface area is 113 Å². The number of H-pyrrole nitrogens is 1. The van der Waals surface area contributed by atoms with Crippen molar-refractivity contribution in [3.8, 4) is 0 Å². The van der Waals surface area contributed by atoms with E-state index < -0.39 is 17.2 Å². The lowest BCUT2D eigenvalue weighted by molar-refractivity contribution is -0.135. The van der Waals surface area contributed by atoms with Crippen molar-refractivity contribution in [1.82, 2.24) is 15.0 Å². The van der Waals surface area contributed by atoms with Crippen molar-refractivity contribution >= 4 is 5.91 Å². The van der Waals surface area contributed by atoms with E-state index in [0.29, 0.717) is 0 Å². The average molecular weight is 275 g/mol. The molecule has 1 aromatic heterocycles. The maximum absolute atomic E-state index is 11.6. The molecule has 0 bridgehead atoms. The van der Waals surface area contributed by atoms with E-state index in [1.165, 1.54) is 12.3 Å². The van der Waals surface area contributed by atoms with Gasteiger partial charge in [0, 0.05) is 12.3 Å². The van der Waals surface area contributed by atoms with E-state index in [1.807, 2.05) is 30.3 Å². The molecule has 2 rings (SSSR count). The summed E-state index contributed by atoms with van der Waals surface area (Å²) in [5.41, 5.74) is 1.99. The van der Waals surface area contributed by atoms with Crippen molar-refractivity contribution in [3.63, 3.8) is 0 Å². The molecule has 0 aliphatic heterocycles. The van der Waals surface area contributed by atoms with Crippen LogP contribution >= 0.6 is 0 Å². The Morgan fingerprint density at radius 1 is 1.20 bits per heavy atom. The molecule has 0 aliphatic rings. The van der Waals surface area contributed by atoms with Gasteiger partial charge in [0.05, 0.1) is 6.61 Å². The van der Waals surface area contributed by atoms with Crippen LogP contribution in [-0.2, 0) is 22.8 Å². The highest BCUT2D eigenvalue weighted by Crippen LogP contribution is 1.98. The smallest absolute Gasteiger partial charge is 0.291 e. The number of hydroxylamine groups is 1. The van der Waals surface area contributed by atoms with Crippen LogP contribution in [0.5, 0.6) is 0 Å². The number of nitrogens with zero attached hydrogens (tertiary/aromatic N) is 1.